The highest BCUT2D eigenvalue weighted by molar-refractivity contribution is 5.74. The van der Waals surface area contributed by atoms with Crippen LogP contribution in [0.4, 0.5) is 0 Å². The quantitative estimate of drug-likeness (QED) is 0.543. The molecule has 1 amide bonds. The number of primary amides is 1. The van der Waals surface area contributed by atoms with E-state index in [0.29, 0.717) is 6.61 Å². The summed E-state index contributed by atoms with van der Waals surface area (Å²) >= 11 is 0. The van der Waals surface area contributed by atoms with Crippen molar-refractivity contribution in [1.29, 1.82) is 0 Å². The Balaban J connectivity index is 2.87. The van der Waals surface area contributed by atoms with Gasteiger partial charge >= 0.3 is 0 Å². The van der Waals surface area contributed by atoms with Crippen LogP contribution in [0, 0.1) is 0 Å². The number of amides is 1. The molecule has 0 saturated carbocycles. The fourth-order valence-corrected chi connectivity index (χ4v) is 0.827. The Kier molecular flexibility index (Phi) is 9.03. The van der Waals surface area contributed by atoms with Gasteiger partial charge in [-0.25, -0.2) is 0 Å². The summed E-state index contributed by atoms with van der Waals surface area (Å²) in [5.41, 5.74) is 4.88. The molecule has 0 atom stereocenters. The zero-order chi connectivity index (χ0) is 9.94. The lowest BCUT2D eigenvalue weighted by molar-refractivity contribution is -0.122. The Hall–Kier alpha value is -0.610. The molecule has 0 saturated heterocycles. The summed E-state index contributed by atoms with van der Waals surface area (Å²) in [7, 11) is 0. The summed E-state index contributed by atoms with van der Waals surface area (Å²) in [6.45, 7) is 4.28. The van der Waals surface area contributed by atoms with Gasteiger partial charge in [-0.2, -0.15) is 0 Å². The molecule has 4 nitrogen and oxygen atoms in total. The summed E-state index contributed by atoms with van der Waals surface area (Å²) in [4.78, 5) is 10.2. The minimum absolute atomic E-state index is 0.0236. The number of carbonyl (C=O) groups is 1. The Bertz CT molecular complexity index is 128. The second-order valence-corrected chi connectivity index (χ2v) is 2.84. The average Bonchev–Trinajstić information content (AvgIpc) is 2.09. The van der Waals surface area contributed by atoms with Gasteiger partial charge in [0.05, 0.1) is 0 Å². The van der Waals surface area contributed by atoms with Crippen molar-refractivity contribution in [1.82, 2.24) is 0 Å². The van der Waals surface area contributed by atoms with Gasteiger partial charge in [-0.3, -0.25) is 4.79 Å². The molecule has 0 bridgehead atoms. The maximum Gasteiger partial charge on any atom is 0.243 e. The van der Waals surface area contributed by atoms with Crippen LogP contribution in [0.2, 0.25) is 0 Å². The fourth-order valence-electron chi connectivity index (χ4n) is 0.827. The number of hydrogen-bond acceptors (Lipinski definition) is 3. The van der Waals surface area contributed by atoms with E-state index >= 15 is 0 Å². The van der Waals surface area contributed by atoms with Crippen LogP contribution >= 0.6 is 0 Å². The maximum atomic E-state index is 10.2. The van der Waals surface area contributed by atoms with E-state index in [-0.39, 0.29) is 6.61 Å². The van der Waals surface area contributed by atoms with Crippen molar-refractivity contribution in [3.63, 3.8) is 0 Å². The molecule has 78 valence electrons. The van der Waals surface area contributed by atoms with E-state index in [2.05, 4.69) is 6.92 Å². The number of rotatable bonds is 9. The predicted octanol–water partition coefficient (Wildman–Crippen LogP) is 0.695. The summed E-state index contributed by atoms with van der Waals surface area (Å²) in [5.74, 6) is -0.415. The summed E-state index contributed by atoms with van der Waals surface area (Å²) < 4.78 is 10.2. The van der Waals surface area contributed by atoms with Crippen LogP contribution < -0.4 is 5.73 Å². The normalized spacial score (nSPS) is 10.2. The molecule has 0 aromatic carbocycles. The summed E-state index contributed by atoms with van der Waals surface area (Å²) in [6.07, 6.45) is 2.94. The molecular weight excluding hydrogens is 170 g/mol. The first-order valence-corrected chi connectivity index (χ1v) is 4.71. The van der Waals surface area contributed by atoms with Crippen LogP contribution in [0.1, 0.15) is 26.2 Å². The molecule has 0 aliphatic heterocycles. The number of unbranched alkanes of at least 4 members (excludes halogenated alkanes) is 1. The number of ether oxygens (including phenoxy) is 2. The minimum atomic E-state index is -0.415. The van der Waals surface area contributed by atoms with Crippen LogP contribution in [0.3, 0.4) is 0 Å². The van der Waals surface area contributed by atoms with E-state index in [1.165, 1.54) is 0 Å². The van der Waals surface area contributed by atoms with E-state index in [1.54, 1.807) is 0 Å². The molecule has 0 aliphatic carbocycles. The first kappa shape index (κ1) is 12.4. The van der Waals surface area contributed by atoms with Gasteiger partial charge in [-0.1, -0.05) is 6.92 Å². The molecule has 0 aromatic heterocycles. The van der Waals surface area contributed by atoms with Gasteiger partial charge in [0.2, 0.25) is 5.91 Å². The van der Waals surface area contributed by atoms with E-state index in [9.17, 15) is 4.79 Å². The van der Waals surface area contributed by atoms with E-state index in [4.69, 9.17) is 15.2 Å². The van der Waals surface area contributed by atoms with Gasteiger partial charge < -0.3 is 15.2 Å². The van der Waals surface area contributed by atoms with Crippen molar-refractivity contribution in [3.05, 3.63) is 0 Å². The van der Waals surface area contributed by atoms with Crippen molar-refractivity contribution in [2.24, 2.45) is 5.73 Å². The first-order chi connectivity index (χ1) is 6.27. The second kappa shape index (κ2) is 9.48. The van der Waals surface area contributed by atoms with Gasteiger partial charge in [0.25, 0.3) is 0 Å². The Morgan fingerprint density at radius 3 is 2.31 bits per heavy atom. The molecule has 0 spiro atoms. The van der Waals surface area contributed by atoms with Crippen LogP contribution in [0.5, 0.6) is 0 Å². The molecule has 4 heteroatoms. The molecule has 0 fully saturated rings. The van der Waals surface area contributed by atoms with Crippen LogP contribution in [-0.4, -0.2) is 32.3 Å². The lowest BCUT2D eigenvalue weighted by Crippen LogP contribution is -2.18. The fraction of sp³-hybridized carbons (Fsp3) is 0.889. The van der Waals surface area contributed by atoms with Crippen molar-refractivity contribution >= 4 is 5.91 Å². The van der Waals surface area contributed by atoms with E-state index in [1.807, 2.05) is 0 Å². The number of carbonyl (C=O) groups excluding carboxylic acids is 1. The second-order valence-electron chi connectivity index (χ2n) is 2.84. The Morgan fingerprint density at radius 2 is 1.77 bits per heavy atom. The minimum Gasteiger partial charge on any atom is -0.381 e. The van der Waals surface area contributed by atoms with Gasteiger partial charge in [-0.15, -0.1) is 0 Å². The molecule has 0 aliphatic rings. The molecule has 2 N–H and O–H groups in total. The zero-order valence-electron chi connectivity index (χ0n) is 8.25. The van der Waals surface area contributed by atoms with Crippen molar-refractivity contribution < 1.29 is 14.3 Å². The lowest BCUT2D eigenvalue weighted by Gasteiger charge is -2.02. The topological polar surface area (TPSA) is 61.6 Å². The summed E-state index contributed by atoms with van der Waals surface area (Å²) in [5, 5.41) is 0. The molecule has 0 radical (unpaired) electrons. The molecule has 13 heavy (non-hydrogen) atoms. The third kappa shape index (κ3) is 11.4. The van der Waals surface area contributed by atoms with Gasteiger partial charge in [0.1, 0.15) is 6.61 Å². The Labute approximate surface area is 79.4 Å². The van der Waals surface area contributed by atoms with Crippen LogP contribution in [0.15, 0.2) is 0 Å². The average molecular weight is 189 g/mol. The Morgan fingerprint density at radius 1 is 1.15 bits per heavy atom. The number of nitrogens with two attached hydrogens (primary N) is 1. The molecule has 0 heterocycles. The number of hydrogen-bond donors (Lipinski definition) is 1. The monoisotopic (exact) mass is 189 g/mol. The third-order valence-electron chi connectivity index (χ3n) is 1.42. The highest BCUT2D eigenvalue weighted by Gasteiger charge is 1.93. The van der Waals surface area contributed by atoms with Crippen LogP contribution in [-0.2, 0) is 14.3 Å². The third-order valence-corrected chi connectivity index (χ3v) is 1.42. The van der Waals surface area contributed by atoms with Crippen molar-refractivity contribution in [3.8, 4) is 0 Å². The standard InChI is InChI=1S/C9H19NO3/c1-2-5-12-6-3-4-7-13-8-9(10)11/h2-8H2,1H3,(H2,10,11). The zero-order valence-corrected chi connectivity index (χ0v) is 8.25. The smallest absolute Gasteiger partial charge is 0.243 e. The van der Waals surface area contributed by atoms with Gasteiger partial charge in [-0.05, 0) is 19.3 Å². The lowest BCUT2D eigenvalue weighted by atomic mass is 10.3. The van der Waals surface area contributed by atoms with Crippen molar-refractivity contribution in [2.75, 3.05) is 26.4 Å². The predicted molar refractivity (Wildman–Crippen MR) is 50.4 cm³/mol. The molecular formula is C9H19NO3. The molecule has 0 rings (SSSR count). The highest BCUT2D eigenvalue weighted by Crippen LogP contribution is 1.92. The maximum absolute atomic E-state index is 10.2. The summed E-state index contributed by atoms with van der Waals surface area (Å²) in [6, 6.07) is 0. The highest BCUT2D eigenvalue weighted by atomic mass is 16.5. The van der Waals surface area contributed by atoms with Gasteiger partial charge in [0, 0.05) is 19.8 Å². The molecule has 0 aromatic rings. The largest absolute Gasteiger partial charge is 0.381 e. The SMILES string of the molecule is CCCOCCCCOCC(N)=O. The van der Waals surface area contributed by atoms with Gasteiger partial charge in [0.15, 0.2) is 0 Å². The van der Waals surface area contributed by atoms with E-state index in [0.717, 1.165) is 32.5 Å². The van der Waals surface area contributed by atoms with E-state index < -0.39 is 5.91 Å². The van der Waals surface area contributed by atoms with Crippen LogP contribution in [0.25, 0.3) is 0 Å². The van der Waals surface area contributed by atoms with Crippen molar-refractivity contribution in [2.45, 2.75) is 26.2 Å². The first-order valence-electron chi connectivity index (χ1n) is 4.71. The molecule has 0 unspecified atom stereocenters.